The van der Waals surface area contributed by atoms with Crippen LogP contribution in [0.25, 0.3) is 10.8 Å². The largest absolute Gasteiger partial charge is 0.497 e. The fourth-order valence-electron chi connectivity index (χ4n) is 2.18. The Bertz CT molecular complexity index is 635. The van der Waals surface area contributed by atoms with Crippen molar-refractivity contribution in [2.24, 2.45) is 5.92 Å². The summed E-state index contributed by atoms with van der Waals surface area (Å²) in [6.45, 7) is 0.350. The second-order valence-electron chi connectivity index (χ2n) is 5.03. The number of ether oxygens (including phenoxy) is 1. The van der Waals surface area contributed by atoms with Gasteiger partial charge in [-0.2, -0.15) is 0 Å². The van der Waals surface area contributed by atoms with Crippen LogP contribution in [0.2, 0.25) is 0 Å². The Morgan fingerprint density at radius 1 is 1.30 bits per heavy atom. The zero-order chi connectivity index (χ0) is 13.9. The highest BCUT2D eigenvalue weighted by atomic mass is 16.6. The maximum Gasteiger partial charge on any atom is 0.246 e. The molecule has 0 unspecified atom stereocenters. The second-order valence-corrected chi connectivity index (χ2v) is 5.03. The summed E-state index contributed by atoms with van der Waals surface area (Å²) >= 11 is 0. The predicted octanol–water partition coefficient (Wildman–Crippen LogP) is 2.81. The SMILES string of the molecule is COc1ccc2cccc(CONC(=O)C3CC3)c2c1. The highest BCUT2D eigenvalue weighted by molar-refractivity contribution is 5.87. The third-order valence-electron chi connectivity index (χ3n) is 3.53. The molecule has 4 heteroatoms. The zero-order valence-electron chi connectivity index (χ0n) is 11.4. The van der Waals surface area contributed by atoms with Crippen LogP contribution in [-0.4, -0.2) is 13.0 Å². The average Bonchev–Trinajstić information content (AvgIpc) is 3.31. The maximum absolute atomic E-state index is 11.5. The Kier molecular flexibility index (Phi) is 3.56. The van der Waals surface area contributed by atoms with E-state index in [4.69, 9.17) is 9.57 Å². The van der Waals surface area contributed by atoms with Gasteiger partial charge in [0.15, 0.2) is 0 Å². The quantitative estimate of drug-likeness (QED) is 0.851. The molecule has 1 amide bonds. The van der Waals surface area contributed by atoms with Gasteiger partial charge >= 0.3 is 0 Å². The second kappa shape index (κ2) is 5.51. The molecule has 0 radical (unpaired) electrons. The third-order valence-corrected chi connectivity index (χ3v) is 3.53. The minimum Gasteiger partial charge on any atom is -0.497 e. The molecule has 0 aromatic heterocycles. The smallest absolute Gasteiger partial charge is 0.246 e. The van der Waals surface area contributed by atoms with Gasteiger partial charge in [0.1, 0.15) is 12.4 Å². The van der Waals surface area contributed by atoms with Crippen molar-refractivity contribution in [2.45, 2.75) is 19.4 Å². The van der Waals surface area contributed by atoms with Crippen LogP contribution in [0.15, 0.2) is 36.4 Å². The van der Waals surface area contributed by atoms with E-state index in [0.29, 0.717) is 6.61 Å². The van der Waals surface area contributed by atoms with Crippen molar-refractivity contribution in [3.05, 3.63) is 42.0 Å². The number of methoxy groups -OCH3 is 1. The Morgan fingerprint density at radius 3 is 2.90 bits per heavy atom. The van der Waals surface area contributed by atoms with Crippen LogP contribution in [0.4, 0.5) is 0 Å². The first-order valence-corrected chi connectivity index (χ1v) is 6.75. The van der Waals surface area contributed by atoms with E-state index >= 15 is 0 Å². The van der Waals surface area contributed by atoms with Gasteiger partial charge in [0.05, 0.1) is 7.11 Å². The molecule has 0 aliphatic heterocycles. The van der Waals surface area contributed by atoms with E-state index in [1.54, 1.807) is 7.11 Å². The molecule has 104 valence electrons. The number of rotatable bonds is 5. The van der Waals surface area contributed by atoms with Crippen LogP contribution >= 0.6 is 0 Å². The molecule has 0 bridgehead atoms. The highest BCUT2D eigenvalue weighted by Crippen LogP contribution is 2.29. The van der Waals surface area contributed by atoms with Crippen LogP contribution in [0.1, 0.15) is 18.4 Å². The first kappa shape index (κ1) is 12.9. The lowest BCUT2D eigenvalue weighted by Crippen LogP contribution is -2.24. The topological polar surface area (TPSA) is 47.6 Å². The molecule has 0 saturated heterocycles. The number of carbonyl (C=O) groups excluding carboxylic acids is 1. The molecule has 4 nitrogen and oxygen atoms in total. The molecule has 2 aromatic rings. The van der Waals surface area contributed by atoms with Crippen molar-refractivity contribution < 1.29 is 14.4 Å². The molecule has 2 aromatic carbocycles. The summed E-state index contributed by atoms with van der Waals surface area (Å²) < 4.78 is 5.25. The van der Waals surface area contributed by atoms with Gasteiger partial charge in [0.25, 0.3) is 0 Å². The molecule has 1 aliphatic rings. The summed E-state index contributed by atoms with van der Waals surface area (Å²) in [5, 5.41) is 2.20. The number of carbonyl (C=O) groups is 1. The number of hydrogen-bond acceptors (Lipinski definition) is 3. The van der Waals surface area contributed by atoms with Crippen LogP contribution < -0.4 is 10.2 Å². The molecular weight excluding hydrogens is 254 g/mol. The minimum absolute atomic E-state index is 0.0113. The summed E-state index contributed by atoms with van der Waals surface area (Å²) in [6, 6.07) is 11.9. The lowest BCUT2D eigenvalue weighted by molar-refractivity contribution is -0.135. The van der Waals surface area contributed by atoms with Gasteiger partial charge < -0.3 is 4.74 Å². The van der Waals surface area contributed by atoms with E-state index in [2.05, 4.69) is 5.48 Å². The fraction of sp³-hybridized carbons (Fsp3) is 0.312. The standard InChI is InChI=1S/C16H17NO3/c1-19-14-8-7-11-3-2-4-13(15(11)9-14)10-20-17-16(18)12-5-6-12/h2-4,7-9,12H,5-6,10H2,1H3,(H,17,18). The predicted molar refractivity (Wildman–Crippen MR) is 76.2 cm³/mol. The molecule has 20 heavy (non-hydrogen) atoms. The molecule has 1 saturated carbocycles. The molecule has 1 N–H and O–H groups in total. The van der Waals surface area contributed by atoms with Crippen molar-refractivity contribution in [2.75, 3.05) is 7.11 Å². The normalized spacial score (nSPS) is 14.2. The summed E-state index contributed by atoms with van der Waals surface area (Å²) in [4.78, 5) is 16.8. The summed E-state index contributed by atoms with van der Waals surface area (Å²) in [5.74, 6) is 0.956. The van der Waals surface area contributed by atoms with E-state index in [1.165, 1.54) is 0 Å². The molecule has 0 atom stereocenters. The van der Waals surface area contributed by atoms with E-state index < -0.39 is 0 Å². The number of hydroxylamine groups is 1. The van der Waals surface area contributed by atoms with Crippen molar-refractivity contribution in [3.63, 3.8) is 0 Å². The van der Waals surface area contributed by atoms with E-state index in [0.717, 1.165) is 34.9 Å². The van der Waals surface area contributed by atoms with E-state index in [1.807, 2.05) is 36.4 Å². The third kappa shape index (κ3) is 2.75. The Hall–Kier alpha value is -2.07. The number of fused-ring (bicyclic) bond motifs is 1. The lowest BCUT2D eigenvalue weighted by Gasteiger charge is -2.09. The molecule has 0 spiro atoms. The first-order valence-electron chi connectivity index (χ1n) is 6.75. The number of benzene rings is 2. The van der Waals surface area contributed by atoms with Gasteiger partial charge in [0, 0.05) is 5.92 Å². The van der Waals surface area contributed by atoms with Crippen LogP contribution in [-0.2, 0) is 16.2 Å². The molecular formula is C16H17NO3. The van der Waals surface area contributed by atoms with Crippen LogP contribution in [0.5, 0.6) is 5.75 Å². The fourth-order valence-corrected chi connectivity index (χ4v) is 2.18. The highest BCUT2D eigenvalue weighted by Gasteiger charge is 2.29. The van der Waals surface area contributed by atoms with E-state index in [9.17, 15) is 4.79 Å². The Labute approximate surface area is 117 Å². The van der Waals surface area contributed by atoms with Gasteiger partial charge in [-0.25, -0.2) is 5.48 Å². The molecule has 1 aliphatic carbocycles. The summed E-state index contributed by atoms with van der Waals surface area (Å²) in [6.07, 6.45) is 1.95. The monoisotopic (exact) mass is 271 g/mol. The summed E-state index contributed by atoms with van der Waals surface area (Å²) in [5.41, 5.74) is 3.54. The van der Waals surface area contributed by atoms with Gasteiger partial charge in [-0.15, -0.1) is 0 Å². The average molecular weight is 271 g/mol. The number of amides is 1. The summed E-state index contributed by atoms with van der Waals surface area (Å²) in [7, 11) is 1.65. The maximum atomic E-state index is 11.5. The molecule has 0 heterocycles. The van der Waals surface area contributed by atoms with Gasteiger partial charge in [-0.05, 0) is 41.3 Å². The number of nitrogens with one attached hydrogen (secondary N) is 1. The Morgan fingerprint density at radius 2 is 2.15 bits per heavy atom. The lowest BCUT2D eigenvalue weighted by atomic mass is 10.0. The minimum atomic E-state index is -0.0113. The zero-order valence-corrected chi connectivity index (χ0v) is 11.4. The van der Waals surface area contributed by atoms with Gasteiger partial charge in [0.2, 0.25) is 5.91 Å². The Balaban J connectivity index is 1.74. The van der Waals surface area contributed by atoms with Crippen LogP contribution in [0.3, 0.4) is 0 Å². The number of hydrogen-bond donors (Lipinski definition) is 1. The van der Waals surface area contributed by atoms with Crippen molar-refractivity contribution in [1.29, 1.82) is 0 Å². The van der Waals surface area contributed by atoms with Crippen molar-refractivity contribution >= 4 is 16.7 Å². The van der Waals surface area contributed by atoms with Gasteiger partial charge in [-0.1, -0.05) is 24.3 Å². The van der Waals surface area contributed by atoms with Crippen molar-refractivity contribution in [3.8, 4) is 5.75 Å². The van der Waals surface area contributed by atoms with Crippen LogP contribution in [0, 0.1) is 5.92 Å². The van der Waals surface area contributed by atoms with Gasteiger partial charge in [-0.3, -0.25) is 9.63 Å². The van der Waals surface area contributed by atoms with E-state index in [-0.39, 0.29) is 11.8 Å². The molecule has 1 fully saturated rings. The molecule has 3 rings (SSSR count). The van der Waals surface area contributed by atoms with Crippen molar-refractivity contribution in [1.82, 2.24) is 5.48 Å². The first-order chi connectivity index (χ1) is 9.78.